The van der Waals surface area contributed by atoms with E-state index in [1.165, 1.54) is 6.42 Å². The van der Waals surface area contributed by atoms with Gasteiger partial charge in [-0.3, -0.25) is 14.4 Å². The van der Waals surface area contributed by atoms with E-state index in [4.69, 9.17) is 0 Å². The van der Waals surface area contributed by atoms with E-state index in [-0.39, 0.29) is 41.6 Å². The Morgan fingerprint density at radius 2 is 1.83 bits per heavy atom. The second-order valence-corrected chi connectivity index (χ2v) is 11.3. The maximum Gasteiger partial charge on any atom is 0.240 e. The van der Waals surface area contributed by atoms with E-state index in [0.29, 0.717) is 13.0 Å². The Balaban J connectivity index is 1.73. The molecule has 3 heterocycles. The average Bonchev–Trinajstić information content (AvgIpc) is 3.14. The van der Waals surface area contributed by atoms with E-state index < -0.39 is 9.84 Å². The molecule has 2 fully saturated rings. The summed E-state index contributed by atoms with van der Waals surface area (Å²) in [4.78, 5) is 17.4. The quantitative estimate of drug-likeness (QED) is 0.726. The summed E-state index contributed by atoms with van der Waals surface area (Å²) in [5.74, 6) is 0.601. The fraction of sp³-hybridized carbons (Fsp3) is 0.810. The Morgan fingerprint density at radius 1 is 1.21 bits per heavy atom. The molecule has 0 N–H and O–H groups in total. The SMILES string of the molecule is Cc1nn([C@H]2CCS(=O)(=O)C2)c(C)c1CN(C)[C@@H](C)C(=O)N1[C@H](C)CCC[C@@H]1C. The lowest BCUT2D eigenvalue weighted by Crippen LogP contribution is -2.54. The molecule has 0 aliphatic carbocycles. The molecule has 1 aromatic rings. The van der Waals surface area contributed by atoms with Gasteiger partial charge in [0.25, 0.3) is 0 Å². The minimum atomic E-state index is -2.96. The molecule has 0 saturated carbocycles. The van der Waals surface area contributed by atoms with Crippen molar-refractivity contribution in [3.8, 4) is 0 Å². The highest BCUT2D eigenvalue weighted by molar-refractivity contribution is 7.91. The summed E-state index contributed by atoms with van der Waals surface area (Å²) in [5, 5.41) is 4.66. The molecule has 1 amide bonds. The number of hydrogen-bond acceptors (Lipinski definition) is 5. The van der Waals surface area contributed by atoms with Gasteiger partial charge in [-0.15, -0.1) is 0 Å². The molecule has 2 saturated heterocycles. The molecule has 164 valence electrons. The Bertz CT molecular complexity index is 854. The summed E-state index contributed by atoms with van der Waals surface area (Å²) in [6, 6.07) is 0.286. The van der Waals surface area contributed by atoms with Crippen LogP contribution in [0.4, 0.5) is 0 Å². The van der Waals surface area contributed by atoms with Crippen molar-refractivity contribution in [2.45, 2.75) is 91.0 Å². The average molecular weight is 425 g/mol. The highest BCUT2D eigenvalue weighted by Gasteiger charge is 2.34. The lowest BCUT2D eigenvalue weighted by atomic mass is 9.96. The zero-order chi connectivity index (χ0) is 21.5. The first-order valence-corrected chi connectivity index (χ1v) is 12.6. The van der Waals surface area contributed by atoms with Crippen LogP contribution in [0.2, 0.25) is 0 Å². The van der Waals surface area contributed by atoms with Gasteiger partial charge < -0.3 is 4.90 Å². The number of nitrogens with zero attached hydrogens (tertiary/aromatic N) is 4. The molecule has 1 aromatic heterocycles. The van der Waals surface area contributed by atoms with Gasteiger partial charge in [0.05, 0.1) is 29.3 Å². The first-order valence-electron chi connectivity index (χ1n) is 10.8. The third kappa shape index (κ3) is 4.53. The van der Waals surface area contributed by atoms with Crippen LogP contribution in [-0.4, -0.2) is 70.6 Å². The summed E-state index contributed by atoms with van der Waals surface area (Å²) < 4.78 is 25.6. The largest absolute Gasteiger partial charge is 0.336 e. The van der Waals surface area contributed by atoms with Crippen molar-refractivity contribution in [1.82, 2.24) is 19.6 Å². The van der Waals surface area contributed by atoms with Crippen molar-refractivity contribution >= 4 is 15.7 Å². The lowest BCUT2D eigenvalue weighted by molar-refractivity contribution is -0.142. The number of hydrogen-bond donors (Lipinski definition) is 0. The summed E-state index contributed by atoms with van der Waals surface area (Å²) in [7, 11) is -0.972. The van der Waals surface area contributed by atoms with E-state index in [1.54, 1.807) is 0 Å². The number of sulfone groups is 1. The van der Waals surface area contributed by atoms with Gasteiger partial charge in [0, 0.05) is 29.9 Å². The van der Waals surface area contributed by atoms with Crippen molar-refractivity contribution in [2.75, 3.05) is 18.6 Å². The first kappa shape index (κ1) is 22.3. The molecule has 8 heteroatoms. The molecular formula is C21H36N4O3S. The minimum Gasteiger partial charge on any atom is -0.336 e. The summed E-state index contributed by atoms with van der Waals surface area (Å²) in [5.41, 5.74) is 3.02. The van der Waals surface area contributed by atoms with Crippen LogP contribution < -0.4 is 0 Å². The van der Waals surface area contributed by atoms with Crippen LogP contribution in [0.5, 0.6) is 0 Å². The summed E-state index contributed by atoms with van der Waals surface area (Å²) >= 11 is 0. The van der Waals surface area contributed by atoms with Crippen LogP contribution in [-0.2, 0) is 21.2 Å². The van der Waals surface area contributed by atoms with Gasteiger partial charge in [-0.05, 0) is 67.3 Å². The number of amides is 1. The number of piperidine rings is 1. The number of likely N-dealkylation sites (N-methyl/N-ethyl adjacent to an activating group) is 1. The molecule has 0 radical (unpaired) electrons. The van der Waals surface area contributed by atoms with Gasteiger partial charge in [0.2, 0.25) is 5.91 Å². The van der Waals surface area contributed by atoms with Crippen LogP contribution >= 0.6 is 0 Å². The minimum absolute atomic E-state index is 0.0770. The van der Waals surface area contributed by atoms with Crippen LogP contribution in [0.3, 0.4) is 0 Å². The maximum atomic E-state index is 13.2. The Morgan fingerprint density at radius 3 is 2.38 bits per heavy atom. The van der Waals surface area contributed by atoms with E-state index >= 15 is 0 Å². The molecule has 0 aromatic carbocycles. The molecule has 29 heavy (non-hydrogen) atoms. The van der Waals surface area contributed by atoms with Gasteiger partial charge in [-0.1, -0.05) is 0 Å². The molecule has 0 bridgehead atoms. The van der Waals surface area contributed by atoms with Gasteiger partial charge >= 0.3 is 0 Å². The summed E-state index contributed by atoms with van der Waals surface area (Å²) in [6.07, 6.45) is 3.95. The van der Waals surface area contributed by atoms with E-state index in [9.17, 15) is 13.2 Å². The van der Waals surface area contributed by atoms with Crippen LogP contribution in [0.15, 0.2) is 0 Å². The number of rotatable bonds is 5. The number of aryl methyl sites for hydroxylation is 1. The molecule has 0 spiro atoms. The van der Waals surface area contributed by atoms with Crippen molar-refractivity contribution in [1.29, 1.82) is 0 Å². The second-order valence-electron chi connectivity index (χ2n) is 9.12. The number of carbonyl (C=O) groups excluding carboxylic acids is 1. The fourth-order valence-corrected chi connectivity index (χ4v) is 6.59. The normalized spacial score (nSPS) is 28.1. The van der Waals surface area contributed by atoms with Crippen molar-refractivity contribution in [3.63, 3.8) is 0 Å². The Hall–Kier alpha value is -1.41. The smallest absolute Gasteiger partial charge is 0.240 e. The number of likely N-dealkylation sites (tertiary alicyclic amines) is 1. The van der Waals surface area contributed by atoms with Gasteiger partial charge in [-0.25, -0.2) is 8.42 Å². The third-order valence-corrected chi connectivity index (χ3v) is 8.65. The lowest BCUT2D eigenvalue weighted by Gasteiger charge is -2.41. The van der Waals surface area contributed by atoms with E-state index in [2.05, 4.69) is 28.7 Å². The predicted molar refractivity (Wildman–Crippen MR) is 115 cm³/mol. The second kappa shape index (κ2) is 8.38. The number of carbonyl (C=O) groups is 1. The van der Waals surface area contributed by atoms with Crippen molar-refractivity contribution in [3.05, 3.63) is 17.0 Å². The standard InChI is InChI=1S/C21H36N4O3S/c1-14-8-7-9-15(2)24(14)21(26)18(5)23(6)12-20-16(3)22-25(17(20)4)19-10-11-29(27,28)13-19/h14-15,18-19H,7-13H2,1-6H3/t14-,15+,18-,19-/m0/s1. The highest BCUT2D eigenvalue weighted by Crippen LogP contribution is 2.28. The van der Waals surface area contributed by atoms with E-state index in [1.807, 2.05) is 32.5 Å². The van der Waals surface area contributed by atoms with Crippen LogP contribution in [0.1, 0.15) is 69.4 Å². The molecule has 3 rings (SSSR count). The molecule has 0 unspecified atom stereocenters. The van der Waals surface area contributed by atoms with Crippen LogP contribution in [0, 0.1) is 13.8 Å². The molecule has 7 nitrogen and oxygen atoms in total. The van der Waals surface area contributed by atoms with Gasteiger partial charge in [0.1, 0.15) is 0 Å². The summed E-state index contributed by atoms with van der Waals surface area (Å²) in [6.45, 7) is 10.9. The van der Waals surface area contributed by atoms with Gasteiger partial charge in [-0.2, -0.15) is 5.10 Å². The monoisotopic (exact) mass is 424 g/mol. The third-order valence-electron chi connectivity index (χ3n) is 6.90. The highest BCUT2D eigenvalue weighted by atomic mass is 32.2. The maximum absolute atomic E-state index is 13.2. The molecular weight excluding hydrogens is 388 g/mol. The topological polar surface area (TPSA) is 75.5 Å². The molecule has 2 aliphatic rings. The zero-order valence-electron chi connectivity index (χ0n) is 18.7. The Kier molecular flexibility index (Phi) is 6.44. The van der Waals surface area contributed by atoms with Gasteiger partial charge in [0.15, 0.2) is 9.84 Å². The van der Waals surface area contributed by atoms with Crippen molar-refractivity contribution in [2.24, 2.45) is 0 Å². The Labute approximate surface area is 175 Å². The number of aromatic nitrogens is 2. The fourth-order valence-electron chi connectivity index (χ4n) is 4.90. The first-order chi connectivity index (χ1) is 13.5. The van der Waals surface area contributed by atoms with Crippen LogP contribution in [0.25, 0.3) is 0 Å². The van der Waals surface area contributed by atoms with Crippen molar-refractivity contribution < 1.29 is 13.2 Å². The van der Waals surface area contributed by atoms with E-state index in [0.717, 1.165) is 29.8 Å². The molecule has 4 atom stereocenters. The molecule has 2 aliphatic heterocycles. The predicted octanol–water partition coefficient (Wildman–Crippen LogP) is 2.47. The zero-order valence-corrected chi connectivity index (χ0v) is 19.5.